The molecule has 0 atom stereocenters. The van der Waals surface area contributed by atoms with E-state index >= 15 is 0 Å². The molecule has 0 amide bonds. The smallest absolute Gasteiger partial charge is 0.292 e. The lowest BCUT2D eigenvalue weighted by atomic mass is 10.0. The van der Waals surface area contributed by atoms with Crippen LogP contribution in [0.5, 0.6) is 0 Å². The van der Waals surface area contributed by atoms with E-state index in [4.69, 9.17) is 23.1 Å². The van der Waals surface area contributed by atoms with E-state index in [0.29, 0.717) is 0 Å². The van der Waals surface area contributed by atoms with Crippen LogP contribution < -0.4 is 0 Å². The van der Waals surface area contributed by atoms with Crippen molar-refractivity contribution in [3.8, 4) is 6.07 Å². The van der Waals surface area contributed by atoms with Gasteiger partial charge in [-0.15, -0.1) is 0 Å². The van der Waals surface area contributed by atoms with Crippen molar-refractivity contribution in [1.29, 1.82) is 5.26 Å². The number of rotatable bonds is 0. The maximum Gasteiger partial charge on any atom is 0.292 e. The Kier molecular flexibility index (Phi) is 2.51. The molecule has 1 rings (SSSR count). The molecule has 0 unspecified atom stereocenters. The van der Waals surface area contributed by atoms with Crippen molar-refractivity contribution >= 4 is 0 Å². The van der Waals surface area contributed by atoms with E-state index in [9.17, 15) is 0 Å². The molecule has 1 heterocycles. The van der Waals surface area contributed by atoms with Gasteiger partial charge in [-0.05, 0) is 26.3 Å². The quantitative estimate of drug-likeness (QED) is 0.444. The molecule has 0 N–H and O–H groups in total. The third kappa shape index (κ3) is 1.56. The summed E-state index contributed by atoms with van der Waals surface area (Å²) in [5, 5.41) is 8.73. The van der Waals surface area contributed by atoms with E-state index in [1.165, 1.54) is 0 Å². The number of hydrogen-bond donors (Lipinski definition) is 0. The second-order valence-electron chi connectivity index (χ2n) is 3.60. The van der Waals surface area contributed by atoms with Gasteiger partial charge in [-0.3, -0.25) is 0 Å². The summed E-state index contributed by atoms with van der Waals surface area (Å²) in [6.07, 6.45) is 0. The Hall–Kier alpha value is -2.25. The summed E-state index contributed by atoms with van der Waals surface area (Å²) < 4.78 is 5.46. The molecule has 0 bridgehead atoms. The lowest BCUT2D eigenvalue weighted by Crippen LogP contribution is -2.20. The van der Waals surface area contributed by atoms with E-state index in [1.807, 2.05) is 0 Å². The van der Waals surface area contributed by atoms with Gasteiger partial charge in [-0.1, -0.05) is 0 Å². The zero-order chi connectivity index (χ0) is 11.6. The standard InChI is InChI=1S/C11H9N3O/c1-7-9(14-5)10(8(6-12)13-4)15-11(7,2)3/h1-3H3. The maximum atomic E-state index is 8.73. The zero-order valence-corrected chi connectivity index (χ0v) is 8.75. The van der Waals surface area contributed by atoms with Crippen molar-refractivity contribution in [3.05, 3.63) is 45.6 Å². The molecule has 0 spiro atoms. The predicted molar refractivity (Wildman–Crippen MR) is 53.7 cm³/mol. The van der Waals surface area contributed by atoms with Crippen LogP contribution in [0.15, 0.2) is 22.7 Å². The van der Waals surface area contributed by atoms with Gasteiger partial charge in [0.1, 0.15) is 11.4 Å². The minimum atomic E-state index is -0.609. The van der Waals surface area contributed by atoms with E-state index in [-0.39, 0.29) is 17.2 Å². The number of nitrogens with zero attached hydrogens (tertiary/aromatic N) is 3. The average Bonchev–Trinajstić information content (AvgIpc) is 2.40. The summed E-state index contributed by atoms with van der Waals surface area (Å²) in [5.74, 6) is 0.116. The lowest BCUT2D eigenvalue weighted by molar-refractivity contribution is 0.0926. The molecule has 0 fully saturated rings. The Balaban J connectivity index is 3.47. The van der Waals surface area contributed by atoms with Crippen LogP contribution in [0.3, 0.4) is 0 Å². The molecule has 4 nitrogen and oxygen atoms in total. The number of nitriles is 1. The molecule has 0 saturated heterocycles. The molecule has 1 aliphatic heterocycles. The van der Waals surface area contributed by atoms with E-state index in [0.717, 1.165) is 5.57 Å². The van der Waals surface area contributed by atoms with Gasteiger partial charge in [-0.2, -0.15) is 0 Å². The second kappa shape index (κ2) is 3.48. The van der Waals surface area contributed by atoms with Gasteiger partial charge in [0.15, 0.2) is 0 Å². The number of allylic oxidation sites excluding steroid dienone is 1. The molecule has 4 heteroatoms. The fraction of sp³-hybridized carbons (Fsp3) is 0.364. The van der Waals surface area contributed by atoms with Crippen LogP contribution in [-0.2, 0) is 4.74 Å². The molecule has 0 saturated carbocycles. The Bertz CT molecular complexity index is 473. The highest BCUT2D eigenvalue weighted by Gasteiger charge is 2.36. The van der Waals surface area contributed by atoms with Gasteiger partial charge in [0, 0.05) is 0 Å². The SMILES string of the molecule is [C-]#[N+]C(C#N)=C1OC(C)(C)C(C)=C1[N+]#[C-]. The summed E-state index contributed by atoms with van der Waals surface area (Å²) >= 11 is 0. The average molecular weight is 199 g/mol. The molecule has 0 aromatic carbocycles. The van der Waals surface area contributed by atoms with Crippen LogP contribution in [-0.4, -0.2) is 5.60 Å². The highest BCUT2D eigenvalue weighted by molar-refractivity contribution is 5.51. The molecule has 1 aliphatic rings. The Morgan fingerprint density at radius 3 is 2.47 bits per heavy atom. The van der Waals surface area contributed by atoms with E-state index < -0.39 is 5.60 Å². The fourth-order valence-electron chi connectivity index (χ4n) is 1.26. The largest absolute Gasteiger partial charge is 0.506 e. The summed E-state index contributed by atoms with van der Waals surface area (Å²) in [4.78, 5) is 6.37. The number of hydrogen-bond acceptors (Lipinski definition) is 2. The van der Waals surface area contributed by atoms with Crippen molar-refractivity contribution in [2.75, 3.05) is 0 Å². The molecule has 15 heavy (non-hydrogen) atoms. The molecular formula is C11H9N3O. The Morgan fingerprint density at radius 1 is 1.47 bits per heavy atom. The fourth-order valence-corrected chi connectivity index (χ4v) is 1.26. The summed E-state index contributed by atoms with van der Waals surface area (Å²) in [7, 11) is 0. The molecule has 0 radical (unpaired) electrons. The molecule has 74 valence electrons. The topological polar surface area (TPSA) is 41.7 Å². The molecule has 0 aromatic rings. The lowest BCUT2D eigenvalue weighted by Gasteiger charge is -2.21. The Morgan fingerprint density at radius 2 is 2.07 bits per heavy atom. The monoisotopic (exact) mass is 199 g/mol. The molecule has 0 aliphatic carbocycles. The third-order valence-corrected chi connectivity index (χ3v) is 2.38. The normalized spacial score (nSPS) is 21.1. The van der Waals surface area contributed by atoms with Crippen LogP contribution in [0.4, 0.5) is 0 Å². The van der Waals surface area contributed by atoms with Crippen molar-refractivity contribution in [2.45, 2.75) is 26.4 Å². The predicted octanol–water partition coefficient (Wildman–Crippen LogP) is 2.64. The van der Waals surface area contributed by atoms with Gasteiger partial charge in [0.25, 0.3) is 5.70 Å². The van der Waals surface area contributed by atoms with Crippen molar-refractivity contribution in [1.82, 2.24) is 0 Å². The first-order chi connectivity index (χ1) is 6.97. The maximum absolute atomic E-state index is 8.73. The Labute approximate surface area is 88.7 Å². The van der Waals surface area contributed by atoms with Crippen molar-refractivity contribution < 1.29 is 4.74 Å². The van der Waals surface area contributed by atoms with Crippen molar-refractivity contribution in [2.24, 2.45) is 0 Å². The van der Waals surface area contributed by atoms with Crippen LogP contribution in [0.1, 0.15) is 20.8 Å². The molecule has 0 aromatic heterocycles. The van der Waals surface area contributed by atoms with Crippen LogP contribution >= 0.6 is 0 Å². The third-order valence-electron chi connectivity index (χ3n) is 2.38. The molecular weight excluding hydrogens is 190 g/mol. The second-order valence-corrected chi connectivity index (χ2v) is 3.60. The van der Waals surface area contributed by atoms with Crippen LogP contribution in [0, 0.1) is 24.5 Å². The zero-order valence-electron chi connectivity index (χ0n) is 8.75. The van der Waals surface area contributed by atoms with Gasteiger partial charge < -0.3 is 4.74 Å². The highest BCUT2D eigenvalue weighted by Crippen LogP contribution is 2.40. The number of ether oxygens (including phenoxy) is 1. The summed E-state index contributed by atoms with van der Waals surface area (Å²) in [6, 6.07) is 1.74. The minimum Gasteiger partial charge on any atom is -0.506 e. The van der Waals surface area contributed by atoms with Crippen LogP contribution in [0.2, 0.25) is 0 Å². The van der Waals surface area contributed by atoms with Gasteiger partial charge in [0.2, 0.25) is 5.70 Å². The van der Waals surface area contributed by atoms with E-state index in [2.05, 4.69) is 9.69 Å². The first-order valence-corrected chi connectivity index (χ1v) is 4.28. The van der Waals surface area contributed by atoms with E-state index in [1.54, 1.807) is 26.8 Å². The summed E-state index contributed by atoms with van der Waals surface area (Å²) in [6.45, 7) is 19.2. The van der Waals surface area contributed by atoms with Gasteiger partial charge in [0.05, 0.1) is 19.2 Å². The first kappa shape index (κ1) is 10.8. The van der Waals surface area contributed by atoms with Gasteiger partial charge in [-0.25, -0.2) is 15.0 Å². The van der Waals surface area contributed by atoms with Crippen molar-refractivity contribution in [3.63, 3.8) is 0 Å². The summed E-state index contributed by atoms with van der Waals surface area (Å²) in [5.41, 5.74) is 0.268. The minimum absolute atomic E-state index is 0.116. The first-order valence-electron chi connectivity index (χ1n) is 4.28. The van der Waals surface area contributed by atoms with Crippen LogP contribution in [0.25, 0.3) is 9.69 Å². The van der Waals surface area contributed by atoms with Gasteiger partial charge >= 0.3 is 0 Å². The highest BCUT2D eigenvalue weighted by atomic mass is 16.5.